The molecule has 1 aromatic rings. The Hall–Kier alpha value is -0.820. The van der Waals surface area contributed by atoms with Crippen molar-refractivity contribution in [3.8, 4) is 0 Å². The van der Waals surface area contributed by atoms with E-state index in [2.05, 4.69) is 44.3 Å². The van der Waals surface area contributed by atoms with Crippen molar-refractivity contribution in [1.29, 1.82) is 0 Å². The second-order valence-corrected chi connectivity index (χ2v) is 5.21. The number of benzene rings is 1. The van der Waals surface area contributed by atoms with Gasteiger partial charge in [-0.25, -0.2) is 0 Å². The molecule has 1 unspecified atom stereocenters. The van der Waals surface area contributed by atoms with Crippen molar-refractivity contribution in [1.82, 2.24) is 5.32 Å². The number of hydrogen-bond acceptors (Lipinski definition) is 1. The number of hydrogen-bond donors (Lipinski definition) is 1. The van der Waals surface area contributed by atoms with Crippen LogP contribution in [0.1, 0.15) is 42.9 Å². The lowest BCUT2D eigenvalue weighted by Gasteiger charge is -2.29. The Bertz CT molecular complexity index is 341. The second kappa shape index (κ2) is 4.58. The molecule has 0 bridgehead atoms. The van der Waals surface area contributed by atoms with Gasteiger partial charge in [-0.05, 0) is 62.8 Å². The highest BCUT2D eigenvalue weighted by Crippen LogP contribution is 2.29. The summed E-state index contributed by atoms with van der Waals surface area (Å²) < 4.78 is 0. The first-order valence-electron chi connectivity index (χ1n) is 6.47. The first-order chi connectivity index (χ1) is 7.67. The molecule has 0 aromatic heterocycles. The minimum Gasteiger partial charge on any atom is -0.311 e. The summed E-state index contributed by atoms with van der Waals surface area (Å²) in [5.74, 6) is 0. The molecule has 1 atom stereocenters. The van der Waals surface area contributed by atoms with Crippen LogP contribution in [0.5, 0.6) is 0 Å². The highest BCUT2D eigenvalue weighted by molar-refractivity contribution is 5.35. The van der Waals surface area contributed by atoms with Gasteiger partial charge < -0.3 is 5.32 Å². The van der Waals surface area contributed by atoms with E-state index in [1.54, 1.807) is 5.56 Å². The van der Waals surface area contributed by atoms with Crippen LogP contribution in [0.3, 0.4) is 0 Å². The van der Waals surface area contributed by atoms with Gasteiger partial charge in [-0.15, -0.1) is 0 Å². The van der Waals surface area contributed by atoms with Crippen molar-refractivity contribution in [2.45, 2.75) is 52.0 Å². The third-order valence-electron chi connectivity index (χ3n) is 4.17. The fraction of sp³-hybridized carbons (Fsp3) is 0.600. The molecule has 1 aromatic carbocycles. The van der Waals surface area contributed by atoms with E-state index in [4.69, 9.17) is 0 Å². The first kappa shape index (κ1) is 11.7. The molecule has 0 aliphatic carbocycles. The largest absolute Gasteiger partial charge is 0.311 e. The SMILES string of the molecule is CCC1(Cc2c(C)cccc2C)CCCN1. The molecule has 1 fully saturated rings. The van der Waals surface area contributed by atoms with E-state index in [0.29, 0.717) is 5.54 Å². The smallest absolute Gasteiger partial charge is 0.0219 e. The summed E-state index contributed by atoms with van der Waals surface area (Å²) in [5.41, 5.74) is 4.82. The summed E-state index contributed by atoms with van der Waals surface area (Å²) in [7, 11) is 0. The molecular formula is C15H23N. The lowest BCUT2D eigenvalue weighted by Crippen LogP contribution is -2.41. The van der Waals surface area contributed by atoms with E-state index in [1.807, 2.05) is 0 Å². The minimum absolute atomic E-state index is 0.372. The summed E-state index contributed by atoms with van der Waals surface area (Å²) in [6, 6.07) is 6.64. The van der Waals surface area contributed by atoms with Gasteiger partial charge in [-0.2, -0.15) is 0 Å². The number of aryl methyl sites for hydroxylation is 2. The first-order valence-corrected chi connectivity index (χ1v) is 6.47. The van der Waals surface area contributed by atoms with Gasteiger partial charge in [0.2, 0.25) is 0 Å². The van der Waals surface area contributed by atoms with E-state index < -0.39 is 0 Å². The van der Waals surface area contributed by atoms with Crippen LogP contribution < -0.4 is 5.32 Å². The molecule has 2 rings (SSSR count). The molecule has 0 spiro atoms. The van der Waals surface area contributed by atoms with Crippen molar-refractivity contribution in [2.24, 2.45) is 0 Å². The highest BCUT2D eigenvalue weighted by Gasteiger charge is 2.32. The van der Waals surface area contributed by atoms with Crippen molar-refractivity contribution in [3.63, 3.8) is 0 Å². The summed E-state index contributed by atoms with van der Waals surface area (Å²) in [6.07, 6.45) is 5.10. The van der Waals surface area contributed by atoms with Crippen LogP contribution in [0.2, 0.25) is 0 Å². The predicted octanol–water partition coefficient (Wildman–Crippen LogP) is 3.38. The van der Waals surface area contributed by atoms with Gasteiger partial charge in [0.15, 0.2) is 0 Å². The Kier molecular flexibility index (Phi) is 3.34. The Labute approximate surface area is 99.3 Å². The van der Waals surface area contributed by atoms with Gasteiger partial charge in [0.25, 0.3) is 0 Å². The number of nitrogens with one attached hydrogen (secondary N) is 1. The standard InChI is InChI=1S/C15H23N/c1-4-15(9-6-10-16-15)11-14-12(2)7-5-8-13(14)3/h5,7-8,16H,4,6,9-11H2,1-3H3. The van der Waals surface area contributed by atoms with Gasteiger partial charge in [0, 0.05) is 5.54 Å². The van der Waals surface area contributed by atoms with E-state index in [1.165, 1.54) is 43.4 Å². The Balaban J connectivity index is 2.25. The molecule has 1 nitrogen and oxygen atoms in total. The Morgan fingerprint density at radius 1 is 1.25 bits per heavy atom. The molecule has 0 radical (unpaired) electrons. The maximum atomic E-state index is 3.72. The molecule has 1 N–H and O–H groups in total. The molecule has 16 heavy (non-hydrogen) atoms. The van der Waals surface area contributed by atoms with Crippen molar-refractivity contribution >= 4 is 0 Å². The second-order valence-electron chi connectivity index (χ2n) is 5.21. The van der Waals surface area contributed by atoms with Gasteiger partial charge in [0.1, 0.15) is 0 Å². The van der Waals surface area contributed by atoms with Gasteiger partial charge in [0.05, 0.1) is 0 Å². The molecule has 1 heterocycles. The van der Waals surface area contributed by atoms with Crippen LogP contribution in [0.25, 0.3) is 0 Å². The zero-order valence-corrected chi connectivity index (χ0v) is 10.8. The summed E-state index contributed by atoms with van der Waals surface area (Å²) in [4.78, 5) is 0. The average molecular weight is 217 g/mol. The highest BCUT2D eigenvalue weighted by atomic mass is 15.0. The van der Waals surface area contributed by atoms with Crippen LogP contribution in [-0.4, -0.2) is 12.1 Å². The number of rotatable bonds is 3. The summed E-state index contributed by atoms with van der Waals surface area (Å²) in [6.45, 7) is 7.98. The minimum atomic E-state index is 0.372. The van der Waals surface area contributed by atoms with Crippen LogP contribution in [-0.2, 0) is 6.42 Å². The summed E-state index contributed by atoms with van der Waals surface area (Å²) in [5, 5.41) is 3.72. The molecule has 1 aliphatic heterocycles. The van der Waals surface area contributed by atoms with E-state index in [9.17, 15) is 0 Å². The maximum Gasteiger partial charge on any atom is 0.0219 e. The topological polar surface area (TPSA) is 12.0 Å². The molecule has 0 amide bonds. The molecule has 88 valence electrons. The molecule has 1 aliphatic rings. The van der Waals surface area contributed by atoms with Gasteiger partial charge >= 0.3 is 0 Å². The van der Waals surface area contributed by atoms with Crippen LogP contribution in [0.15, 0.2) is 18.2 Å². The third kappa shape index (κ3) is 2.15. The van der Waals surface area contributed by atoms with Crippen molar-refractivity contribution in [3.05, 3.63) is 34.9 Å². The van der Waals surface area contributed by atoms with Crippen molar-refractivity contribution in [2.75, 3.05) is 6.54 Å². The van der Waals surface area contributed by atoms with E-state index in [-0.39, 0.29) is 0 Å². The van der Waals surface area contributed by atoms with Gasteiger partial charge in [-0.3, -0.25) is 0 Å². The monoisotopic (exact) mass is 217 g/mol. The Morgan fingerprint density at radius 2 is 1.94 bits per heavy atom. The Morgan fingerprint density at radius 3 is 2.44 bits per heavy atom. The lowest BCUT2D eigenvalue weighted by molar-refractivity contribution is 0.359. The van der Waals surface area contributed by atoms with Crippen LogP contribution in [0, 0.1) is 13.8 Å². The quantitative estimate of drug-likeness (QED) is 0.818. The lowest BCUT2D eigenvalue weighted by atomic mass is 9.84. The normalized spacial score (nSPS) is 24.9. The average Bonchev–Trinajstić information content (AvgIpc) is 2.73. The fourth-order valence-corrected chi connectivity index (χ4v) is 2.91. The van der Waals surface area contributed by atoms with E-state index in [0.717, 1.165) is 0 Å². The predicted molar refractivity (Wildman–Crippen MR) is 69.9 cm³/mol. The van der Waals surface area contributed by atoms with Crippen LogP contribution in [0.4, 0.5) is 0 Å². The fourth-order valence-electron chi connectivity index (χ4n) is 2.91. The zero-order valence-electron chi connectivity index (χ0n) is 10.8. The molecular weight excluding hydrogens is 194 g/mol. The zero-order chi connectivity index (χ0) is 11.6. The van der Waals surface area contributed by atoms with Crippen molar-refractivity contribution < 1.29 is 0 Å². The van der Waals surface area contributed by atoms with E-state index >= 15 is 0 Å². The van der Waals surface area contributed by atoms with Crippen LogP contribution >= 0.6 is 0 Å². The molecule has 1 heteroatoms. The molecule has 0 saturated carbocycles. The maximum absolute atomic E-state index is 3.72. The summed E-state index contributed by atoms with van der Waals surface area (Å²) >= 11 is 0. The van der Waals surface area contributed by atoms with Gasteiger partial charge in [-0.1, -0.05) is 25.1 Å². The third-order valence-corrected chi connectivity index (χ3v) is 4.17. The molecule has 1 saturated heterocycles.